The number of benzene rings is 2. The molecule has 0 bridgehead atoms. The van der Waals surface area contributed by atoms with Gasteiger partial charge in [0.25, 0.3) is 0 Å². The first kappa shape index (κ1) is 24.1. The number of aromatic nitrogens is 4. The minimum absolute atomic E-state index is 0.0786. The van der Waals surface area contributed by atoms with Crippen molar-refractivity contribution in [2.24, 2.45) is 7.05 Å². The molecule has 0 saturated carbocycles. The topological polar surface area (TPSA) is 67.1 Å². The molecule has 36 heavy (non-hydrogen) atoms. The molecule has 1 N–H and O–H groups in total. The quantitative estimate of drug-likeness (QED) is 0.359. The number of aryl methyl sites for hydroxylation is 1. The molecule has 2 aromatic carbocycles. The first-order valence-corrected chi connectivity index (χ1v) is 11.4. The molecule has 1 aliphatic heterocycles. The first-order chi connectivity index (χ1) is 17.1. The number of phenols is 1. The number of phenolic OH excluding ortho intramolecular Hbond substituents is 1. The molecule has 1 atom stereocenters. The van der Waals surface area contributed by atoms with Crippen molar-refractivity contribution < 1.29 is 27.1 Å². The normalized spacial score (nSPS) is 17.1. The van der Waals surface area contributed by atoms with Crippen molar-refractivity contribution >= 4 is 11.0 Å². The number of rotatable bonds is 4. The molecule has 0 amide bonds. The molecule has 1 unspecified atom stereocenters. The lowest BCUT2D eigenvalue weighted by Crippen LogP contribution is -2.34. The molecule has 4 aromatic rings. The van der Waals surface area contributed by atoms with Gasteiger partial charge >= 0.3 is 6.18 Å². The average molecular weight is 503 g/mol. The standard InChI is InChI=1S/C25H22F5N5O/c1-34-24-16(21(33-34)15-11-17(25(28,29)30)20(27)22(36)19(15)26)12-31-23(32-24)18-9-5-6-10-35(18)13-14-7-3-2-4-8-14/h2-4,7-8,11-12,18,36H,5-6,9-10,13H2,1H3. The first-order valence-electron chi connectivity index (χ1n) is 11.4. The fourth-order valence-electron chi connectivity index (χ4n) is 4.70. The molecule has 11 heteroatoms. The summed E-state index contributed by atoms with van der Waals surface area (Å²) in [7, 11) is 1.52. The van der Waals surface area contributed by atoms with Crippen molar-refractivity contribution in [3.63, 3.8) is 0 Å². The Hall–Kier alpha value is -3.60. The summed E-state index contributed by atoms with van der Waals surface area (Å²) in [6.07, 6.45) is -0.882. The Bertz CT molecular complexity index is 1420. The number of alkyl halides is 3. The highest BCUT2D eigenvalue weighted by Crippen LogP contribution is 2.41. The lowest BCUT2D eigenvalue weighted by Gasteiger charge is -2.34. The largest absolute Gasteiger partial charge is 0.503 e. The number of aromatic hydroxyl groups is 1. The molecular weight excluding hydrogens is 481 g/mol. The zero-order valence-corrected chi connectivity index (χ0v) is 19.2. The van der Waals surface area contributed by atoms with Crippen molar-refractivity contribution in [3.05, 3.63) is 71.2 Å². The van der Waals surface area contributed by atoms with Crippen molar-refractivity contribution in [3.8, 4) is 17.0 Å². The van der Waals surface area contributed by atoms with Crippen LogP contribution < -0.4 is 0 Å². The third-order valence-electron chi connectivity index (χ3n) is 6.48. The summed E-state index contributed by atoms with van der Waals surface area (Å²) in [5.41, 5.74) is -1.25. The van der Waals surface area contributed by atoms with Gasteiger partial charge in [-0.25, -0.2) is 23.4 Å². The van der Waals surface area contributed by atoms with E-state index >= 15 is 0 Å². The molecule has 0 aliphatic carbocycles. The summed E-state index contributed by atoms with van der Waals surface area (Å²) >= 11 is 0. The number of piperidine rings is 1. The maximum atomic E-state index is 14.7. The van der Waals surface area contributed by atoms with Crippen LogP contribution in [0.2, 0.25) is 0 Å². The highest BCUT2D eigenvalue weighted by molar-refractivity contribution is 5.91. The van der Waals surface area contributed by atoms with Crippen LogP contribution in [-0.4, -0.2) is 36.3 Å². The van der Waals surface area contributed by atoms with E-state index in [1.807, 2.05) is 30.3 Å². The number of halogens is 5. The second-order valence-corrected chi connectivity index (χ2v) is 8.85. The Morgan fingerprint density at radius 1 is 1.08 bits per heavy atom. The monoisotopic (exact) mass is 503 g/mol. The molecule has 3 heterocycles. The van der Waals surface area contributed by atoms with Gasteiger partial charge in [-0.05, 0) is 31.0 Å². The summed E-state index contributed by atoms with van der Waals surface area (Å²) in [5.74, 6) is -4.79. The molecule has 188 valence electrons. The summed E-state index contributed by atoms with van der Waals surface area (Å²) in [4.78, 5) is 11.4. The van der Waals surface area contributed by atoms with Gasteiger partial charge in [0.05, 0.1) is 17.0 Å². The van der Waals surface area contributed by atoms with E-state index < -0.39 is 34.7 Å². The summed E-state index contributed by atoms with van der Waals surface area (Å²) in [5, 5.41) is 14.0. The van der Waals surface area contributed by atoms with E-state index in [0.717, 1.165) is 31.4 Å². The molecule has 2 aromatic heterocycles. The predicted octanol–water partition coefficient (Wildman–Crippen LogP) is 5.76. The fourth-order valence-corrected chi connectivity index (χ4v) is 4.70. The zero-order valence-electron chi connectivity index (χ0n) is 19.2. The van der Waals surface area contributed by atoms with E-state index in [2.05, 4.69) is 20.0 Å². The van der Waals surface area contributed by atoms with Crippen molar-refractivity contribution in [2.45, 2.75) is 38.0 Å². The average Bonchev–Trinajstić information content (AvgIpc) is 3.18. The summed E-state index contributed by atoms with van der Waals surface area (Å²) in [6.45, 7) is 1.57. The number of hydrogen-bond donors (Lipinski definition) is 1. The lowest BCUT2D eigenvalue weighted by atomic mass is 10.00. The number of nitrogens with zero attached hydrogens (tertiary/aromatic N) is 5. The van der Waals surface area contributed by atoms with E-state index in [-0.39, 0.29) is 22.8 Å². The van der Waals surface area contributed by atoms with Crippen LogP contribution in [0.25, 0.3) is 22.3 Å². The molecule has 6 nitrogen and oxygen atoms in total. The van der Waals surface area contributed by atoms with Gasteiger partial charge in [0.15, 0.2) is 23.0 Å². The van der Waals surface area contributed by atoms with Gasteiger partial charge in [-0.3, -0.25) is 4.90 Å². The molecule has 1 fully saturated rings. The molecular formula is C25H22F5N5O. The molecule has 0 radical (unpaired) electrons. The fraction of sp³-hybridized carbons (Fsp3) is 0.320. The van der Waals surface area contributed by atoms with E-state index in [1.54, 1.807) is 0 Å². The van der Waals surface area contributed by atoms with Crippen LogP contribution in [0.15, 0.2) is 42.6 Å². The molecule has 0 spiro atoms. The van der Waals surface area contributed by atoms with Gasteiger partial charge in [0.2, 0.25) is 0 Å². The molecule has 5 rings (SSSR count). The lowest BCUT2D eigenvalue weighted by molar-refractivity contribution is -0.140. The van der Waals surface area contributed by atoms with Gasteiger partial charge in [-0.1, -0.05) is 36.8 Å². The Kier molecular flexibility index (Phi) is 6.11. The highest BCUT2D eigenvalue weighted by atomic mass is 19.4. The Morgan fingerprint density at radius 2 is 1.83 bits per heavy atom. The minimum atomic E-state index is -5.14. The highest BCUT2D eigenvalue weighted by Gasteiger charge is 2.38. The number of likely N-dealkylation sites (tertiary alicyclic amines) is 1. The zero-order chi connectivity index (χ0) is 25.6. The molecule has 1 aliphatic rings. The number of fused-ring (bicyclic) bond motifs is 1. The summed E-state index contributed by atoms with van der Waals surface area (Å²) in [6, 6.07) is 10.2. The Labute approximate surface area is 203 Å². The predicted molar refractivity (Wildman–Crippen MR) is 122 cm³/mol. The van der Waals surface area contributed by atoms with Crippen LogP contribution in [0.5, 0.6) is 5.75 Å². The van der Waals surface area contributed by atoms with E-state index in [9.17, 15) is 27.1 Å². The minimum Gasteiger partial charge on any atom is -0.503 e. The van der Waals surface area contributed by atoms with Gasteiger partial charge in [-0.15, -0.1) is 0 Å². The van der Waals surface area contributed by atoms with Crippen LogP contribution in [0.1, 0.15) is 42.3 Å². The van der Waals surface area contributed by atoms with Gasteiger partial charge in [0, 0.05) is 25.4 Å². The summed E-state index contributed by atoms with van der Waals surface area (Å²) < 4.78 is 69.9. The van der Waals surface area contributed by atoms with Crippen molar-refractivity contribution in [2.75, 3.05) is 6.54 Å². The maximum absolute atomic E-state index is 14.7. The van der Waals surface area contributed by atoms with Gasteiger partial charge < -0.3 is 5.11 Å². The molecule has 1 saturated heterocycles. The van der Waals surface area contributed by atoms with Crippen LogP contribution in [0.4, 0.5) is 22.0 Å². The third-order valence-corrected chi connectivity index (χ3v) is 6.48. The third kappa shape index (κ3) is 4.27. The van der Waals surface area contributed by atoms with E-state index in [0.29, 0.717) is 18.4 Å². The van der Waals surface area contributed by atoms with Crippen molar-refractivity contribution in [1.82, 2.24) is 24.6 Å². The van der Waals surface area contributed by atoms with E-state index in [4.69, 9.17) is 0 Å². The van der Waals surface area contributed by atoms with Gasteiger partial charge in [0.1, 0.15) is 11.5 Å². The Balaban J connectivity index is 1.56. The Morgan fingerprint density at radius 3 is 2.56 bits per heavy atom. The SMILES string of the molecule is Cn1nc(-c2cc(C(F)(F)F)c(F)c(O)c2F)c2cnc(C3CCCCN3Cc3ccccc3)nc21. The second kappa shape index (κ2) is 9.12. The van der Waals surface area contributed by atoms with Crippen LogP contribution in [-0.2, 0) is 19.8 Å². The van der Waals surface area contributed by atoms with E-state index in [1.165, 1.54) is 17.9 Å². The van der Waals surface area contributed by atoms with Crippen molar-refractivity contribution in [1.29, 1.82) is 0 Å². The van der Waals surface area contributed by atoms with Crippen LogP contribution in [0, 0.1) is 11.6 Å². The second-order valence-electron chi connectivity index (χ2n) is 8.85. The smallest absolute Gasteiger partial charge is 0.419 e. The van der Waals surface area contributed by atoms with Gasteiger partial charge in [-0.2, -0.15) is 18.3 Å². The maximum Gasteiger partial charge on any atom is 0.419 e. The van der Waals surface area contributed by atoms with Crippen LogP contribution in [0.3, 0.4) is 0 Å². The number of hydrogen-bond acceptors (Lipinski definition) is 5. The van der Waals surface area contributed by atoms with Crippen LogP contribution >= 0.6 is 0 Å².